The van der Waals surface area contributed by atoms with Gasteiger partial charge >= 0.3 is 5.97 Å². The Morgan fingerprint density at radius 1 is 1.00 bits per heavy atom. The molecule has 0 bridgehead atoms. The van der Waals surface area contributed by atoms with Gasteiger partial charge in [0.15, 0.2) is 0 Å². The molecule has 0 spiro atoms. The van der Waals surface area contributed by atoms with Crippen molar-refractivity contribution < 1.29 is 23.8 Å². The first-order chi connectivity index (χ1) is 14.8. The first-order valence-electron chi connectivity index (χ1n) is 10.1. The molecule has 1 heterocycles. The van der Waals surface area contributed by atoms with E-state index in [-0.39, 0.29) is 23.7 Å². The van der Waals surface area contributed by atoms with Crippen molar-refractivity contribution in [1.82, 2.24) is 0 Å². The molecule has 6 nitrogen and oxygen atoms in total. The Morgan fingerprint density at radius 3 is 2.35 bits per heavy atom. The summed E-state index contributed by atoms with van der Waals surface area (Å²) in [4.78, 5) is 27.9. The zero-order valence-electron chi connectivity index (χ0n) is 18.7. The number of anilines is 1. The van der Waals surface area contributed by atoms with E-state index in [0.717, 1.165) is 11.1 Å². The fourth-order valence-electron chi connectivity index (χ4n) is 3.56. The standard InChI is InChI=1S/C25H27NO5/c1-7-31-25(28)23-17(4)26(19-9-8-15(2)16(3)12-19)24(27)21(23)14-18-13-20(29-5)10-11-22(18)30-6/h8-14H,7H2,1-6H3. The maximum atomic E-state index is 13.5. The van der Waals surface area contributed by atoms with Gasteiger partial charge in [-0.25, -0.2) is 4.79 Å². The lowest BCUT2D eigenvalue weighted by Crippen LogP contribution is -2.24. The van der Waals surface area contributed by atoms with Gasteiger partial charge in [-0.05, 0) is 75.2 Å². The number of methoxy groups -OCH3 is 2. The Balaban J connectivity index is 2.19. The molecule has 0 saturated heterocycles. The second-order valence-electron chi connectivity index (χ2n) is 7.26. The van der Waals surface area contributed by atoms with Gasteiger partial charge in [0.25, 0.3) is 5.91 Å². The molecule has 0 N–H and O–H groups in total. The van der Waals surface area contributed by atoms with Gasteiger partial charge < -0.3 is 14.2 Å². The number of carbonyl (C=O) groups excluding carboxylic acids is 2. The second kappa shape index (κ2) is 9.08. The van der Waals surface area contributed by atoms with Crippen LogP contribution in [0.2, 0.25) is 0 Å². The fourth-order valence-corrected chi connectivity index (χ4v) is 3.56. The Morgan fingerprint density at radius 2 is 1.74 bits per heavy atom. The van der Waals surface area contributed by atoms with E-state index < -0.39 is 5.97 Å². The Labute approximate surface area is 182 Å². The molecule has 6 heteroatoms. The van der Waals surface area contributed by atoms with Gasteiger partial charge in [0.2, 0.25) is 0 Å². The van der Waals surface area contributed by atoms with Crippen LogP contribution in [-0.4, -0.2) is 32.7 Å². The second-order valence-corrected chi connectivity index (χ2v) is 7.26. The van der Waals surface area contributed by atoms with Crippen LogP contribution in [0.15, 0.2) is 53.2 Å². The molecule has 162 valence electrons. The minimum absolute atomic E-state index is 0.212. The highest BCUT2D eigenvalue weighted by molar-refractivity contribution is 6.24. The third-order valence-corrected chi connectivity index (χ3v) is 5.37. The molecule has 0 aromatic heterocycles. The maximum Gasteiger partial charge on any atom is 0.340 e. The van der Waals surface area contributed by atoms with Crippen molar-refractivity contribution in [3.8, 4) is 11.5 Å². The van der Waals surface area contributed by atoms with Crippen LogP contribution in [0.5, 0.6) is 11.5 Å². The molecule has 1 aliphatic heterocycles. The number of aryl methyl sites for hydroxylation is 2. The summed E-state index contributed by atoms with van der Waals surface area (Å²) in [6.07, 6.45) is 1.65. The van der Waals surface area contributed by atoms with Crippen LogP contribution < -0.4 is 14.4 Å². The van der Waals surface area contributed by atoms with Crippen molar-refractivity contribution in [1.29, 1.82) is 0 Å². The third-order valence-electron chi connectivity index (χ3n) is 5.37. The third kappa shape index (κ3) is 4.19. The van der Waals surface area contributed by atoms with E-state index in [1.165, 1.54) is 0 Å². The van der Waals surface area contributed by atoms with E-state index >= 15 is 0 Å². The number of hydrogen-bond donors (Lipinski definition) is 0. The van der Waals surface area contributed by atoms with E-state index in [0.29, 0.717) is 28.4 Å². The Hall–Kier alpha value is -3.54. The molecule has 0 aliphatic carbocycles. The molecule has 0 saturated carbocycles. The predicted molar refractivity (Wildman–Crippen MR) is 120 cm³/mol. The van der Waals surface area contributed by atoms with Crippen molar-refractivity contribution in [2.24, 2.45) is 0 Å². The molecule has 0 unspecified atom stereocenters. The molecule has 3 rings (SSSR count). The minimum Gasteiger partial charge on any atom is -0.497 e. The zero-order chi connectivity index (χ0) is 22.7. The summed E-state index contributed by atoms with van der Waals surface area (Å²) in [5, 5.41) is 0. The molecule has 31 heavy (non-hydrogen) atoms. The predicted octanol–water partition coefficient (Wildman–Crippen LogP) is 4.59. The summed E-state index contributed by atoms with van der Waals surface area (Å²) in [5.74, 6) is 0.343. The molecular formula is C25H27NO5. The molecule has 0 atom stereocenters. The van der Waals surface area contributed by atoms with Gasteiger partial charge in [0.1, 0.15) is 11.5 Å². The largest absolute Gasteiger partial charge is 0.497 e. The molecule has 2 aromatic rings. The van der Waals surface area contributed by atoms with Gasteiger partial charge in [-0.2, -0.15) is 0 Å². The zero-order valence-corrected chi connectivity index (χ0v) is 18.7. The number of rotatable bonds is 6. The van der Waals surface area contributed by atoms with E-state index in [2.05, 4.69) is 0 Å². The minimum atomic E-state index is -0.534. The Bertz CT molecular complexity index is 1100. The molecule has 0 radical (unpaired) electrons. The first kappa shape index (κ1) is 22.2. The van der Waals surface area contributed by atoms with Gasteiger partial charge in [-0.3, -0.25) is 9.69 Å². The lowest BCUT2D eigenvalue weighted by Gasteiger charge is -2.19. The number of amides is 1. The summed E-state index contributed by atoms with van der Waals surface area (Å²) in [6.45, 7) is 7.70. The van der Waals surface area contributed by atoms with Crippen molar-refractivity contribution in [3.63, 3.8) is 0 Å². The quantitative estimate of drug-likeness (QED) is 0.504. The van der Waals surface area contributed by atoms with Gasteiger partial charge in [0, 0.05) is 16.9 Å². The SMILES string of the molecule is CCOC(=O)C1=C(C)N(c2ccc(C)c(C)c2)C(=O)C1=Cc1cc(OC)ccc1OC. The smallest absolute Gasteiger partial charge is 0.340 e. The fraction of sp³-hybridized carbons (Fsp3) is 0.280. The normalized spacial score (nSPS) is 15.0. The molecule has 2 aromatic carbocycles. The topological polar surface area (TPSA) is 65.1 Å². The van der Waals surface area contributed by atoms with Crippen LogP contribution in [0.4, 0.5) is 5.69 Å². The van der Waals surface area contributed by atoms with Crippen LogP contribution in [0.25, 0.3) is 6.08 Å². The lowest BCUT2D eigenvalue weighted by molar-refractivity contribution is -0.138. The molecule has 1 aliphatic rings. The number of nitrogens with zero attached hydrogens (tertiary/aromatic N) is 1. The van der Waals surface area contributed by atoms with E-state index in [9.17, 15) is 9.59 Å². The monoisotopic (exact) mass is 421 g/mol. The average molecular weight is 421 g/mol. The molecular weight excluding hydrogens is 394 g/mol. The maximum absolute atomic E-state index is 13.5. The number of allylic oxidation sites excluding steroid dienone is 1. The Kier molecular flexibility index (Phi) is 6.49. The van der Waals surface area contributed by atoms with Gasteiger partial charge in [0.05, 0.1) is 32.0 Å². The van der Waals surface area contributed by atoms with Crippen molar-refractivity contribution in [2.45, 2.75) is 27.7 Å². The van der Waals surface area contributed by atoms with Gasteiger partial charge in [-0.15, -0.1) is 0 Å². The summed E-state index contributed by atoms with van der Waals surface area (Å²) in [6, 6.07) is 11.1. The average Bonchev–Trinajstić information content (AvgIpc) is 2.99. The highest BCUT2D eigenvalue weighted by Gasteiger charge is 2.38. The number of hydrogen-bond acceptors (Lipinski definition) is 5. The first-order valence-corrected chi connectivity index (χ1v) is 10.1. The van der Waals surface area contributed by atoms with Crippen LogP contribution in [-0.2, 0) is 14.3 Å². The van der Waals surface area contributed by atoms with E-state index in [1.54, 1.807) is 57.2 Å². The van der Waals surface area contributed by atoms with Crippen molar-refractivity contribution in [2.75, 3.05) is 25.7 Å². The van der Waals surface area contributed by atoms with E-state index in [1.807, 2.05) is 32.0 Å². The van der Waals surface area contributed by atoms with Crippen LogP contribution in [0.3, 0.4) is 0 Å². The summed E-state index contributed by atoms with van der Waals surface area (Å²) in [7, 11) is 3.12. The van der Waals surface area contributed by atoms with Crippen molar-refractivity contribution in [3.05, 3.63) is 69.9 Å². The summed E-state index contributed by atoms with van der Waals surface area (Å²) >= 11 is 0. The lowest BCUT2D eigenvalue weighted by atomic mass is 10.0. The number of carbonyl (C=O) groups is 2. The highest BCUT2D eigenvalue weighted by Crippen LogP contribution is 2.37. The van der Waals surface area contributed by atoms with Crippen molar-refractivity contribution >= 4 is 23.6 Å². The highest BCUT2D eigenvalue weighted by atomic mass is 16.5. The molecule has 1 amide bonds. The number of benzene rings is 2. The number of ether oxygens (including phenoxy) is 3. The van der Waals surface area contributed by atoms with E-state index in [4.69, 9.17) is 14.2 Å². The summed E-state index contributed by atoms with van der Waals surface area (Å²) < 4.78 is 16.0. The van der Waals surface area contributed by atoms with Crippen LogP contribution in [0.1, 0.15) is 30.5 Å². The molecule has 0 fully saturated rings. The number of esters is 1. The van der Waals surface area contributed by atoms with Gasteiger partial charge in [-0.1, -0.05) is 6.07 Å². The van der Waals surface area contributed by atoms with Crippen LogP contribution in [0, 0.1) is 13.8 Å². The summed E-state index contributed by atoms with van der Waals surface area (Å²) in [5.41, 5.74) is 4.54. The van der Waals surface area contributed by atoms with Crippen LogP contribution >= 0.6 is 0 Å².